The van der Waals surface area contributed by atoms with Gasteiger partial charge in [0.15, 0.2) is 0 Å². The zero-order valence-electron chi connectivity index (χ0n) is 7.92. The minimum atomic E-state index is -0.363. The summed E-state index contributed by atoms with van der Waals surface area (Å²) in [5.74, 6) is 0. The predicted octanol–water partition coefficient (Wildman–Crippen LogP) is 1.46. The second-order valence-corrected chi connectivity index (χ2v) is 3.56. The van der Waals surface area contributed by atoms with Gasteiger partial charge in [-0.1, -0.05) is 0 Å². The van der Waals surface area contributed by atoms with Crippen LogP contribution >= 0.6 is 0 Å². The predicted molar refractivity (Wildman–Crippen MR) is 47.0 cm³/mol. The van der Waals surface area contributed by atoms with Gasteiger partial charge in [0.1, 0.15) is 6.67 Å². The van der Waals surface area contributed by atoms with E-state index in [1.807, 2.05) is 0 Å². The summed E-state index contributed by atoms with van der Waals surface area (Å²) in [6.45, 7) is 6.32. The topological polar surface area (TPSA) is 12.5 Å². The monoisotopic (exact) mass is 175 g/mol. The molecule has 12 heavy (non-hydrogen) atoms. The molecule has 1 saturated heterocycles. The van der Waals surface area contributed by atoms with Gasteiger partial charge in [0.25, 0.3) is 0 Å². The van der Waals surface area contributed by atoms with Crippen molar-refractivity contribution in [3.63, 3.8) is 0 Å². The molecule has 1 heterocycles. The lowest BCUT2D eigenvalue weighted by Crippen LogP contribution is -2.29. The first kappa shape index (κ1) is 9.93. The normalized spacial score (nSPS) is 25.5. The molecule has 0 aromatic heterocycles. The quantitative estimate of drug-likeness (QED) is 0.641. The molecule has 0 radical (unpaired) electrons. The summed E-state index contributed by atoms with van der Waals surface area (Å²) in [6.07, 6.45) is 1.32. The second kappa shape index (κ2) is 4.77. The fourth-order valence-corrected chi connectivity index (χ4v) is 1.57. The number of nitrogens with zero attached hydrogens (tertiary/aromatic N) is 1. The summed E-state index contributed by atoms with van der Waals surface area (Å²) in [6, 6.07) is 0.587. The third-order valence-electron chi connectivity index (χ3n) is 2.34. The standard InChI is InChI=1S/C9H18FNO/c1-8(2)11-5-3-9(7-11)12-6-4-10/h8-9H,3-7H2,1-2H3. The summed E-state index contributed by atoms with van der Waals surface area (Å²) >= 11 is 0. The maximum Gasteiger partial charge on any atom is 0.113 e. The highest BCUT2D eigenvalue weighted by Gasteiger charge is 2.24. The van der Waals surface area contributed by atoms with Crippen LogP contribution in [0.25, 0.3) is 0 Å². The lowest BCUT2D eigenvalue weighted by atomic mass is 10.3. The lowest BCUT2D eigenvalue weighted by molar-refractivity contribution is 0.0479. The highest BCUT2D eigenvalue weighted by atomic mass is 19.1. The van der Waals surface area contributed by atoms with Crippen LogP contribution in [0.5, 0.6) is 0 Å². The zero-order valence-corrected chi connectivity index (χ0v) is 7.92. The Labute approximate surface area is 73.7 Å². The van der Waals surface area contributed by atoms with Gasteiger partial charge in [-0.15, -0.1) is 0 Å². The smallest absolute Gasteiger partial charge is 0.113 e. The second-order valence-electron chi connectivity index (χ2n) is 3.56. The van der Waals surface area contributed by atoms with E-state index in [2.05, 4.69) is 18.7 Å². The van der Waals surface area contributed by atoms with Crippen LogP contribution in [0.3, 0.4) is 0 Å². The van der Waals surface area contributed by atoms with Crippen LogP contribution in [0.2, 0.25) is 0 Å². The number of hydrogen-bond acceptors (Lipinski definition) is 2. The first-order valence-corrected chi connectivity index (χ1v) is 4.65. The number of likely N-dealkylation sites (tertiary alicyclic amines) is 1. The Kier molecular flexibility index (Phi) is 3.95. The third-order valence-corrected chi connectivity index (χ3v) is 2.34. The Balaban J connectivity index is 2.17. The van der Waals surface area contributed by atoms with Crippen LogP contribution in [0.4, 0.5) is 4.39 Å². The lowest BCUT2D eigenvalue weighted by Gasteiger charge is -2.19. The van der Waals surface area contributed by atoms with E-state index in [1.165, 1.54) is 0 Å². The molecule has 1 atom stereocenters. The average Bonchev–Trinajstić information content (AvgIpc) is 2.48. The van der Waals surface area contributed by atoms with Crippen LogP contribution < -0.4 is 0 Å². The largest absolute Gasteiger partial charge is 0.374 e. The van der Waals surface area contributed by atoms with E-state index >= 15 is 0 Å². The fourth-order valence-electron chi connectivity index (χ4n) is 1.57. The molecule has 0 aliphatic carbocycles. The van der Waals surface area contributed by atoms with Crippen molar-refractivity contribution in [1.82, 2.24) is 4.90 Å². The summed E-state index contributed by atoms with van der Waals surface area (Å²) in [5.41, 5.74) is 0. The molecule has 3 heteroatoms. The molecule has 0 N–H and O–H groups in total. The molecule has 72 valence electrons. The molecular weight excluding hydrogens is 157 g/mol. The molecule has 1 rings (SSSR count). The Morgan fingerprint density at radius 3 is 2.83 bits per heavy atom. The maximum atomic E-state index is 11.8. The summed E-state index contributed by atoms with van der Waals surface area (Å²) in [7, 11) is 0. The van der Waals surface area contributed by atoms with Crippen molar-refractivity contribution in [2.75, 3.05) is 26.4 Å². The maximum absolute atomic E-state index is 11.8. The van der Waals surface area contributed by atoms with Gasteiger partial charge in [-0.05, 0) is 20.3 Å². The van der Waals surface area contributed by atoms with Crippen molar-refractivity contribution in [2.45, 2.75) is 32.4 Å². The summed E-state index contributed by atoms with van der Waals surface area (Å²) < 4.78 is 17.1. The van der Waals surface area contributed by atoms with Gasteiger partial charge in [0.05, 0.1) is 12.7 Å². The van der Waals surface area contributed by atoms with Crippen molar-refractivity contribution in [1.29, 1.82) is 0 Å². The third kappa shape index (κ3) is 2.72. The number of hydrogen-bond donors (Lipinski definition) is 0. The van der Waals surface area contributed by atoms with Crippen molar-refractivity contribution < 1.29 is 9.13 Å². The van der Waals surface area contributed by atoms with Crippen LogP contribution in [-0.4, -0.2) is 43.4 Å². The Morgan fingerprint density at radius 2 is 2.33 bits per heavy atom. The van der Waals surface area contributed by atoms with E-state index in [1.54, 1.807) is 0 Å². The van der Waals surface area contributed by atoms with Crippen molar-refractivity contribution >= 4 is 0 Å². The van der Waals surface area contributed by atoms with Crippen LogP contribution in [0, 0.1) is 0 Å². The van der Waals surface area contributed by atoms with Gasteiger partial charge in [-0.2, -0.15) is 0 Å². The average molecular weight is 175 g/mol. The van der Waals surface area contributed by atoms with Crippen molar-refractivity contribution in [2.24, 2.45) is 0 Å². The molecule has 2 nitrogen and oxygen atoms in total. The van der Waals surface area contributed by atoms with Crippen molar-refractivity contribution in [3.05, 3.63) is 0 Å². The molecule has 0 aromatic carbocycles. The van der Waals surface area contributed by atoms with E-state index in [0.29, 0.717) is 6.04 Å². The SMILES string of the molecule is CC(C)N1CCC(OCCF)C1. The van der Waals surface area contributed by atoms with E-state index in [9.17, 15) is 4.39 Å². The molecule has 1 fully saturated rings. The minimum absolute atomic E-state index is 0.261. The Bertz CT molecular complexity index is 130. The molecule has 0 amide bonds. The van der Waals surface area contributed by atoms with Gasteiger partial charge in [0, 0.05) is 19.1 Å². The van der Waals surface area contributed by atoms with E-state index < -0.39 is 0 Å². The molecule has 1 unspecified atom stereocenters. The van der Waals surface area contributed by atoms with Gasteiger partial charge in [0.2, 0.25) is 0 Å². The van der Waals surface area contributed by atoms with Gasteiger partial charge in [-0.3, -0.25) is 4.90 Å². The van der Waals surface area contributed by atoms with Gasteiger partial charge >= 0.3 is 0 Å². The molecule has 0 saturated carbocycles. The Hall–Kier alpha value is -0.150. The van der Waals surface area contributed by atoms with Crippen LogP contribution in [0.15, 0.2) is 0 Å². The molecule has 0 aromatic rings. The number of alkyl halides is 1. The first-order chi connectivity index (χ1) is 5.74. The van der Waals surface area contributed by atoms with E-state index in [0.717, 1.165) is 19.5 Å². The number of rotatable bonds is 4. The van der Waals surface area contributed by atoms with Crippen LogP contribution in [-0.2, 0) is 4.74 Å². The van der Waals surface area contributed by atoms with E-state index in [4.69, 9.17) is 4.74 Å². The highest BCUT2D eigenvalue weighted by molar-refractivity contribution is 4.78. The summed E-state index contributed by atoms with van der Waals surface area (Å²) in [5, 5.41) is 0. The summed E-state index contributed by atoms with van der Waals surface area (Å²) in [4.78, 5) is 2.36. The fraction of sp³-hybridized carbons (Fsp3) is 1.00. The van der Waals surface area contributed by atoms with Gasteiger partial charge < -0.3 is 4.74 Å². The van der Waals surface area contributed by atoms with E-state index in [-0.39, 0.29) is 19.4 Å². The zero-order chi connectivity index (χ0) is 8.97. The first-order valence-electron chi connectivity index (χ1n) is 4.65. The number of halogens is 1. The highest BCUT2D eigenvalue weighted by Crippen LogP contribution is 2.14. The van der Waals surface area contributed by atoms with Gasteiger partial charge in [-0.25, -0.2) is 4.39 Å². The molecule has 0 spiro atoms. The molecule has 1 aliphatic rings. The molecule has 0 bridgehead atoms. The molecular formula is C9H18FNO. The molecule has 1 aliphatic heterocycles. The number of ether oxygens (including phenoxy) is 1. The van der Waals surface area contributed by atoms with Crippen molar-refractivity contribution in [3.8, 4) is 0 Å². The van der Waals surface area contributed by atoms with Crippen LogP contribution in [0.1, 0.15) is 20.3 Å². The minimum Gasteiger partial charge on any atom is -0.374 e. The Morgan fingerprint density at radius 1 is 1.58 bits per heavy atom.